The van der Waals surface area contributed by atoms with E-state index in [4.69, 9.17) is 5.26 Å². The number of nitriles is 1. The van der Waals surface area contributed by atoms with Gasteiger partial charge in [-0.1, -0.05) is 38.5 Å². The van der Waals surface area contributed by atoms with E-state index in [1.165, 1.54) is 24.6 Å². The molecule has 0 unspecified atom stereocenters. The van der Waals surface area contributed by atoms with Crippen molar-refractivity contribution in [3.63, 3.8) is 0 Å². The number of rotatable bonds is 5. The molecule has 0 saturated carbocycles. The predicted molar refractivity (Wildman–Crippen MR) is 63.3 cm³/mol. The fourth-order valence-electron chi connectivity index (χ4n) is 1.05. The lowest BCUT2D eigenvalue weighted by Gasteiger charge is -2.03. The molecule has 0 aromatic heterocycles. The highest BCUT2D eigenvalue weighted by Gasteiger charge is 1.95. The van der Waals surface area contributed by atoms with Crippen LogP contribution >= 0.6 is 11.8 Å². The van der Waals surface area contributed by atoms with Crippen molar-refractivity contribution in [1.82, 2.24) is 5.32 Å². The second-order valence-corrected chi connectivity index (χ2v) is 4.31. The number of amidine groups is 1. The second kappa shape index (κ2) is 8.89. The lowest BCUT2D eigenvalue weighted by atomic mass is 10.1. The Kier molecular flexibility index (Phi) is 8.45. The van der Waals surface area contributed by atoms with Crippen LogP contribution in [0, 0.1) is 17.4 Å². The predicted octanol–water partition coefficient (Wildman–Crippen LogP) is 2.60. The van der Waals surface area contributed by atoms with Gasteiger partial charge < -0.3 is 0 Å². The Balaban J connectivity index is 3.53. The van der Waals surface area contributed by atoms with Crippen LogP contribution in [-0.4, -0.2) is 18.0 Å². The molecule has 0 aromatic carbocycles. The van der Waals surface area contributed by atoms with Crippen LogP contribution in [0.1, 0.15) is 33.1 Å². The maximum atomic E-state index is 8.39. The van der Waals surface area contributed by atoms with E-state index >= 15 is 0 Å². The molecule has 0 aliphatic rings. The zero-order valence-corrected chi connectivity index (χ0v) is 10.0. The van der Waals surface area contributed by atoms with Gasteiger partial charge >= 0.3 is 0 Å². The zero-order chi connectivity index (χ0) is 10.8. The highest BCUT2D eigenvalue weighted by molar-refractivity contribution is 8.13. The van der Waals surface area contributed by atoms with Crippen molar-refractivity contribution < 1.29 is 0 Å². The van der Waals surface area contributed by atoms with E-state index in [9.17, 15) is 0 Å². The van der Waals surface area contributed by atoms with Gasteiger partial charge in [-0.3, -0.25) is 10.3 Å². The van der Waals surface area contributed by atoms with Gasteiger partial charge in [0.25, 0.3) is 0 Å². The fourth-order valence-corrected chi connectivity index (χ4v) is 1.42. The number of nitrogens with zero attached hydrogens (tertiary/aromatic N) is 2. The zero-order valence-electron chi connectivity index (χ0n) is 9.21. The third kappa shape index (κ3) is 7.93. The molecule has 0 fully saturated rings. The molecule has 0 aliphatic carbocycles. The minimum atomic E-state index is 0.719. The van der Waals surface area contributed by atoms with Gasteiger partial charge in [-0.15, -0.1) is 0 Å². The van der Waals surface area contributed by atoms with Crippen molar-refractivity contribution in [3.05, 3.63) is 0 Å². The van der Waals surface area contributed by atoms with Gasteiger partial charge in [-0.25, -0.2) is 0 Å². The summed E-state index contributed by atoms with van der Waals surface area (Å²) in [7, 11) is 0. The normalized spacial score (nSPS) is 11.5. The Morgan fingerprint density at radius 1 is 1.50 bits per heavy atom. The number of hydrogen-bond donors (Lipinski definition) is 1. The van der Waals surface area contributed by atoms with Crippen LogP contribution in [-0.2, 0) is 0 Å². The van der Waals surface area contributed by atoms with Gasteiger partial charge in [-0.05, 0) is 18.6 Å². The van der Waals surface area contributed by atoms with E-state index < -0.39 is 0 Å². The van der Waals surface area contributed by atoms with Crippen LogP contribution in [0.25, 0.3) is 0 Å². The molecule has 0 rings (SSSR count). The molecule has 0 aromatic rings. The van der Waals surface area contributed by atoms with Crippen molar-refractivity contribution in [2.24, 2.45) is 10.9 Å². The van der Waals surface area contributed by atoms with Gasteiger partial charge in [-0.2, -0.15) is 5.26 Å². The molecule has 3 nitrogen and oxygen atoms in total. The summed E-state index contributed by atoms with van der Waals surface area (Å²) in [6.45, 7) is 5.28. The topological polar surface area (TPSA) is 48.2 Å². The minimum Gasteiger partial charge on any atom is -0.272 e. The van der Waals surface area contributed by atoms with Crippen LogP contribution in [0.3, 0.4) is 0 Å². The summed E-state index contributed by atoms with van der Waals surface area (Å²) in [5, 5.41) is 11.7. The molecule has 0 heterocycles. The van der Waals surface area contributed by atoms with Gasteiger partial charge in [0.15, 0.2) is 11.4 Å². The first-order valence-electron chi connectivity index (χ1n) is 4.94. The van der Waals surface area contributed by atoms with Crippen LogP contribution in [0.15, 0.2) is 4.99 Å². The lowest BCUT2D eigenvalue weighted by molar-refractivity contribution is 0.542. The van der Waals surface area contributed by atoms with Crippen LogP contribution in [0.4, 0.5) is 0 Å². The van der Waals surface area contributed by atoms with E-state index in [0.29, 0.717) is 0 Å². The van der Waals surface area contributed by atoms with E-state index in [0.717, 1.165) is 24.1 Å². The molecule has 0 bridgehead atoms. The molecule has 80 valence electrons. The number of unbranched alkanes of at least 4 members (excludes halogenated alkanes) is 1. The van der Waals surface area contributed by atoms with Gasteiger partial charge in [0.1, 0.15) is 0 Å². The summed E-state index contributed by atoms with van der Waals surface area (Å²) < 4.78 is 0. The fraction of sp³-hybridized carbons (Fsp3) is 0.800. The first-order chi connectivity index (χ1) is 6.70. The van der Waals surface area contributed by atoms with Crippen molar-refractivity contribution >= 4 is 16.9 Å². The third-order valence-corrected chi connectivity index (χ3v) is 2.42. The average molecular weight is 213 g/mol. The molecule has 0 radical (unpaired) electrons. The van der Waals surface area contributed by atoms with Crippen LogP contribution in [0.5, 0.6) is 0 Å². The van der Waals surface area contributed by atoms with Crippen LogP contribution < -0.4 is 5.32 Å². The summed E-state index contributed by atoms with van der Waals surface area (Å²) in [5.74, 6) is 0.774. The Labute approximate surface area is 91.0 Å². The highest BCUT2D eigenvalue weighted by atomic mass is 32.2. The number of nitrogens with one attached hydrogen (secondary N) is 1. The Bertz CT molecular complexity index is 206. The number of hydrogen-bond acceptors (Lipinski definition) is 3. The van der Waals surface area contributed by atoms with Crippen molar-refractivity contribution in [3.8, 4) is 6.19 Å². The Hall–Kier alpha value is -0.690. The van der Waals surface area contributed by atoms with Crippen molar-refractivity contribution in [2.75, 3.05) is 12.8 Å². The molecule has 0 aliphatic heterocycles. The lowest BCUT2D eigenvalue weighted by Crippen LogP contribution is -2.13. The van der Waals surface area contributed by atoms with E-state index in [2.05, 4.69) is 24.2 Å². The summed E-state index contributed by atoms with van der Waals surface area (Å²) >= 11 is 1.48. The Morgan fingerprint density at radius 3 is 2.71 bits per heavy atom. The summed E-state index contributed by atoms with van der Waals surface area (Å²) in [4.78, 5) is 4.27. The first-order valence-corrected chi connectivity index (χ1v) is 6.16. The van der Waals surface area contributed by atoms with Crippen molar-refractivity contribution in [2.45, 2.75) is 33.1 Å². The first kappa shape index (κ1) is 13.3. The SMILES string of the molecule is CSC(=NCCCCC(C)C)NC#N. The number of aliphatic imine (C=N–C) groups is 1. The summed E-state index contributed by atoms with van der Waals surface area (Å²) in [6.07, 6.45) is 7.37. The quantitative estimate of drug-likeness (QED) is 0.251. The second-order valence-electron chi connectivity index (χ2n) is 3.52. The maximum absolute atomic E-state index is 8.39. The molecular weight excluding hydrogens is 194 g/mol. The molecular formula is C10H19N3S. The average Bonchev–Trinajstić information content (AvgIpc) is 2.15. The van der Waals surface area contributed by atoms with E-state index in [1.54, 1.807) is 0 Å². The Morgan fingerprint density at radius 2 is 2.21 bits per heavy atom. The monoisotopic (exact) mass is 213 g/mol. The third-order valence-electron chi connectivity index (χ3n) is 1.80. The van der Waals surface area contributed by atoms with E-state index in [1.807, 2.05) is 12.4 Å². The van der Waals surface area contributed by atoms with Crippen LogP contribution in [0.2, 0.25) is 0 Å². The van der Waals surface area contributed by atoms with Crippen molar-refractivity contribution in [1.29, 1.82) is 5.26 Å². The highest BCUT2D eigenvalue weighted by Crippen LogP contribution is 2.06. The molecule has 4 heteroatoms. The minimum absolute atomic E-state index is 0.719. The molecule has 1 N–H and O–H groups in total. The smallest absolute Gasteiger partial charge is 0.183 e. The van der Waals surface area contributed by atoms with Gasteiger partial charge in [0, 0.05) is 6.54 Å². The van der Waals surface area contributed by atoms with Gasteiger partial charge in [0.05, 0.1) is 0 Å². The molecule has 14 heavy (non-hydrogen) atoms. The molecule has 0 amide bonds. The number of thioether (sulfide) groups is 1. The summed E-state index contributed by atoms with van der Waals surface area (Å²) in [5.41, 5.74) is 0. The molecule has 0 saturated heterocycles. The molecule has 0 atom stereocenters. The summed E-state index contributed by atoms with van der Waals surface area (Å²) in [6, 6.07) is 0. The van der Waals surface area contributed by atoms with E-state index in [-0.39, 0.29) is 0 Å². The largest absolute Gasteiger partial charge is 0.272 e. The van der Waals surface area contributed by atoms with Gasteiger partial charge in [0.2, 0.25) is 0 Å². The standard InChI is InChI=1S/C10H19N3S/c1-9(2)6-4-5-7-12-10(14-3)13-8-11/h9H,4-7H2,1-3H3,(H,12,13). The maximum Gasteiger partial charge on any atom is 0.183 e. The molecule has 0 spiro atoms.